The lowest BCUT2D eigenvalue weighted by atomic mass is 10.0. The third-order valence-electron chi connectivity index (χ3n) is 4.65. The normalized spacial score (nSPS) is 11.8. The average Bonchev–Trinajstić information content (AvgIpc) is 2.71. The van der Waals surface area contributed by atoms with Crippen molar-refractivity contribution in [1.29, 1.82) is 0 Å². The molecule has 11 heteroatoms. The van der Waals surface area contributed by atoms with Gasteiger partial charge in [0.2, 0.25) is 0 Å². The van der Waals surface area contributed by atoms with E-state index in [2.05, 4.69) is 4.74 Å². The van der Waals surface area contributed by atoms with Gasteiger partial charge in [-0.2, -0.15) is 22.0 Å². The highest BCUT2D eigenvalue weighted by Crippen LogP contribution is 2.38. The molecule has 2 nitrogen and oxygen atoms in total. The molecule has 0 aliphatic heterocycles. The van der Waals surface area contributed by atoms with Crippen molar-refractivity contribution < 1.29 is 49.0 Å². The van der Waals surface area contributed by atoms with Crippen molar-refractivity contribution >= 4 is 10.8 Å². The summed E-state index contributed by atoms with van der Waals surface area (Å²) >= 11 is 0. The average molecular weight is 506 g/mol. The van der Waals surface area contributed by atoms with E-state index in [9.17, 15) is 39.5 Å². The fourth-order valence-corrected chi connectivity index (χ4v) is 3.06. The van der Waals surface area contributed by atoms with Gasteiger partial charge < -0.3 is 9.47 Å². The van der Waals surface area contributed by atoms with Crippen LogP contribution in [0.15, 0.2) is 36.4 Å². The third kappa shape index (κ3) is 6.12. The molecule has 3 aromatic carbocycles. The van der Waals surface area contributed by atoms with Gasteiger partial charge >= 0.3 is 12.3 Å². The Bertz CT molecular complexity index is 1280. The van der Waals surface area contributed by atoms with E-state index >= 15 is 0 Å². The molecule has 3 aromatic rings. The van der Waals surface area contributed by atoms with Gasteiger partial charge in [-0.25, -0.2) is 17.6 Å². The Hall–Kier alpha value is -3.55. The molecular weight excluding hydrogens is 491 g/mol. The monoisotopic (exact) mass is 506 g/mol. The maximum absolute atomic E-state index is 14.6. The number of ether oxygens (including phenoxy) is 2. The predicted molar refractivity (Wildman–Crippen MR) is 108 cm³/mol. The van der Waals surface area contributed by atoms with Gasteiger partial charge in [-0.05, 0) is 36.1 Å². The van der Waals surface area contributed by atoms with Crippen LogP contribution in [0.25, 0.3) is 10.8 Å². The molecule has 0 saturated heterocycles. The highest BCUT2D eigenvalue weighted by molar-refractivity contribution is 5.86. The molecule has 3 rings (SSSR count). The Kier molecular flexibility index (Phi) is 7.43. The first kappa shape index (κ1) is 26.1. The van der Waals surface area contributed by atoms with Crippen LogP contribution in [0.5, 0.6) is 11.5 Å². The summed E-state index contributed by atoms with van der Waals surface area (Å²) in [4.78, 5) is 0. The van der Waals surface area contributed by atoms with Gasteiger partial charge in [0, 0.05) is 23.4 Å². The fraction of sp³-hybridized carbons (Fsp3) is 0.250. The van der Waals surface area contributed by atoms with Crippen LogP contribution in [0.4, 0.5) is 39.5 Å². The molecule has 0 atom stereocenters. The van der Waals surface area contributed by atoms with Gasteiger partial charge in [0.25, 0.3) is 0 Å². The van der Waals surface area contributed by atoms with Gasteiger partial charge in [0.05, 0.1) is 12.2 Å². The maximum atomic E-state index is 14.6. The van der Waals surface area contributed by atoms with E-state index in [-0.39, 0.29) is 17.7 Å². The van der Waals surface area contributed by atoms with Crippen LogP contribution < -0.4 is 9.47 Å². The van der Waals surface area contributed by atoms with E-state index in [1.807, 2.05) is 6.92 Å². The Morgan fingerprint density at radius 2 is 1.49 bits per heavy atom. The number of benzene rings is 3. The van der Waals surface area contributed by atoms with Gasteiger partial charge in [-0.15, -0.1) is 0 Å². The number of unbranched alkanes of at least 4 members (excludes halogenated alkanes) is 1. The third-order valence-corrected chi connectivity index (χ3v) is 4.65. The van der Waals surface area contributed by atoms with Crippen molar-refractivity contribution in [2.45, 2.75) is 32.1 Å². The van der Waals surface area contributed by atoms with E-state index in [0.29, 0.717) is 24.6 Å². The summed E-state index contributed by atoms with van der Waals surface area (Å²) in [6.45, 7) is 1.97. The fourth-order valence-electron chi connectivity index (χ4n) is 3.06. The Balaban J connectivity index is 1.93. The number of alkyl halides is 5. The summed E-state index contributed by atoms with van der Waals surface area (Å²) in [7, 11) is 0. The molecule has 0 amide bonds. The molecule has 0 aliphatic carbocycles. The molecule has 0 spiro atoms. The van der Waals surface area contributed by atoms with E-state index in [4.69, 9.17) is 4.74 Å². The molecule has 0 bridgehead atoms. The molecule has 0 N–H and O–H groups in total. The Labute approximate surface area is 193 Å². The molecule has 0 aliphatic rings. The van der Waals surface area contributed by atoms with E-state index < -0.39 is 57.8 Å². The Morgan fingerprint density at radius 3 is 2.09 bits per heavy atom. The van der Waals surface area contributed by atoms with E-state index in [1.165, 1.54) is 5.92 Å². The molecule has 35 heavy (non-hydrogen) atoms. The van der Waals surface area contributed by atoms with E-state index in [0.717, 1.165) is 30.5 Å². The largest absolute Gasteiger partial charge is 0.493 e. The van der Waals surface area contributed by atoms with Crippen LogP contribution in [0.2, 0.25) is 0 Å². The minimum absolute atomic E-state index is 0.120. The molecule has 186 valence electrons. The first-order valence-corrected chi connectivity index (χ1v) is 10.0. The first-order valence-electron chi connectivity index (χ1n) is 10.0. The second-order valence-corrected chi connectivity index (χ2v) is 7.26. The SMILES string of the molecule is CCCCOc1cc(F)c(C(F)(F)Oc2ccc3c(F)c(C#CC(F)(F)F)c(F)cc3c2)c(F)c1. The Morgan fingerprint density at radius 1 is 0.829 bits per heavy atom. The highest BCUT2D eigenvalue weighted by Gasteiger charge is 2.41. The zero-order chi connectivity index (χ0) is 26.0. The van der Waals surface area contributed by atoms with Crippen molar-refractivity contribution in [2.24, 2.45) is 0 Å². The van der Waals surface area contributed by atoms with Crippen molar-refractivity contribution in [3.8, 4) is 23.3 Å². The van der Waals surface area contributed by atoms with Gasteiger partial charge in [0.15, 0.2) is 0 Å². The number of hydrogen-bond donors (Lipinski definition) is 0. The van der Waals surface area contributed by atoms with Crippen molar-refractivity contribution in [2.75, 3.05) is 6.61 Å². The second kappa shape index (κ2) is 9.98. The van der Waals surface area contributed by atoms with Crippen molar-refractivity contribution in [1.82, 2.24) is 0 Å². The first-order chi connectivity index (χ1) is 16.3. The number of rotatable bonds is 7. The molecule has 0 radical (unpaired) electrons. The molecule has 0 saturated carbocycles. The highest BCUT2D eigenvalue weighted by atomic mass is 19.4. The zero-order valence-electron chi connectivity index (χ0n) is 17.8. The summed E-state index contributed by atoms with van der Waals surface area (Å²) in [5.41, 5.74) is -2.88. The maximum Gasteiger partial charge on any atom is 0.458 e. The minimum Gasteiger partial charge on any atom is -0.493 e. The van der Waals surface area contributed by atoms with E-state index in [1.54, 1.807) is 0 Å². The lowest BCUT2D eigenvalue weighted by Gasteiger charge is -2.20. The van der Waals surface area contributed by atoms with Crippen LogP contribution in [-0.4, -0.2) is 12.8 Å². The summed E-state index contributed by atoms with van der Waals surface area (Å²) in [6.07, 6.45) is -8.24. The molecule has 0 aromatic heterocycles. The van der Waals surface area contributed by atoms with Crippen LogP contribution in [0.3, 0.4) is 0 Å². The summed E-state index contributed by atoms with van der Waals surface area (Å²) in [6, 6.07) is 4.03. The van der Waals surface area contributed by atoms with Gasteiger partial charge in [0.1, 0.15) is 40.3 Å². The molecular formula is C24H15F9O2. The van der Waals surface area contributed by atoms with Gasteiger partial charge in [-0.3, -0.25) is 0 Å². The van der Waals surface area contributed by atoms with Crippen LogP contribution >= 0.6 is 0 Å². The standard InChI is InChI=1S/C24H15F9O2/c1-2-3-8-34-15-11-19(26)21(20(27)12-15)24(32,33)35-14-4-5-16-13(9-14)10-18(25)17(22(16)28)6-7-23(29,30)31/h4-5,9-12H,2-3,8H2,1H3. The quantitative estimate of drug-likeness (QED) is 0.187. The van der Waals surface area contributed by atoms with Crippen molar-refractivity contribution in [3.63, 3.8) is 0 Å². The van der Waals surface area contributed by atoms with Crippen LogP contribution in [0.1, 0.15) is 30.9 Å². The summed E-state index contributed by atoms with van der Waals surface area (Å²) < 4.78 is 133. The second-order valence-electron chi connectivity index (χ2n) is 7.26. The molecule has 0 unspecified atom stereocenters. The number of halogens is 9. The smallest absolute Gasteiger partial charge is 0.458 e. The van der Waals surface area contributed by atoms with Crippen LogP contribution in [-0.2, 0) is 6.11 Å². The number of fused-ring (bicyclic) bond motifs is 1. The lowest BCUT2D eigenvalue weighted by molar-refractivity contribution is -0.189. The molecule has 0 fully saturated rings. The summed E-state index contributed by atoms with van der Waals surface area (Å²) in [5, 5.41) is -0.814. The minimum atomic E-state index is -5.00. The molecule has 0 heterocycles. The zero-order valence-corrected chi connectivity index (χ0v) is 17.8. The topological polar surface area (TPSA) is 18.5 Å². The number of hydrogen-bond acceptors (Lipinski definition) is 2. The predicted octanol–water partition coefficient (Wildman–Crippen LogP) is 7.62. The summed E-state index contributed by atoms with van der Waals surface area (Å²) in [5.74, 6) is -5.16. The van der Waals surface area contributed by atoms with Gasteiger partial charge in [-0.1, -0.05) is 19.3 Å². The van der Waals surface area contributed by atoms with Crippen molar-refractivity contribution in [3.05, 3.63) is 70.8 Å². The lowest BCUT2D eigenvalue weighted by Crippen LogP contribution is -2.25. The van der Waals surface area contributed by atoms with Crippen LogP contribution in [0, 0.1) is 35.1 Å².